The highest BCUT2D eigenvalue weighted by atomic mass is 32.2. The maximum absolute atomic E-state index is 13.2. The van der Waals surface area contributed by atoms with Gasteiger partial charge in [-0.15, -0.1) is 0 Å². The summed E-state index contributed by atoms with van der Waals surface area (Å²) in [5.74, 6) is 0.136. The van der Waals surface area contributed by atoms with Crippen LogP contribution in [0.2, 0.25) is 0 Å². The van der Waals surface area contributed by atoms with E-state index in [1.165, 1.54) is 19.4 Å². The smallest absolute Gasteiger partial charge is 0.267 e. The number of pyridine rings is 1. The summed E-state index contributed by atoms with van der Waals surface area (Å²) in [4.78, 5) is 16.6. The van der Waals surface area contributed by atoms with Gasteiger partial charge in [-0.2, -0.15) is 0 Å². The number of ether oxygens (including phenoxy) is 3. The van der Waals surface area contributed by atoms with E-state index in [1.807, 2.05) is 32.0 Å². The monoisotopic (exact) mass is 483 g/mol. The number of hydrogen-bond donors (Lipinski definition) is 2. The summed E-state index contributed by atoms with van der Waals surface area (Å²) < 4.78 is 44.9. The minimum Gasteiger partial charge on any atom is -0.486 e. The lowest BCUT2D eigenvalue weighted by atomic mass is 10.1. The van der Waals surface area contributed by atoms with Gasteiger partial charge < -0.3 is 19.5 Å². The number of aryl methyl sites for hydroxylation is 2. The van der Waals surface area contributed by atoms with E-state index in [2.05, 4.69) is 15.0 Å². The van der Waals surface area contributed by atoms with Crippen molar-refractivity contribution in [3.05, 3.63) is 71.4 Å². The Morgan fingerprint density at radius 1 is 1.09 bits per heavy atom. The van der Waals surface area contributed by atoms with Crippen molar-refractivity contribution in [3.8, 4) is 11.6 Å². The first-order valence-corrected chi connectivity index (χ1v) is 12.0. The van der Waals surface area contributed by atoms with Crippen molar-refractivity contribution >= 4 is 27.3 Å². The third-order valence-corrected chi connectivity index (χ3v) is 6.65. The van der Waals surface area contributed by atoms with E-state index in [0.29, 0.717) is 30.2 Å². The molecule has 10 heteroatoms. The van der Waals surface area contributed by atoms with Crippen molar-refractivity contribution in [1.29, 1.82) is 0 Å². The highest BCUT2D eigenvalue weighted by Crippen LogP contribution is 2.29. The van der Waals surface area contributed by atoms with Crippen molar-refractivity contribution in [1.82, 2.24) is 4.98 Å². The summed E-state index contributed by atoms with van der Waals surface area (Å²) in [5.41, 5.74) is 2.62. The molecule has 1 amide bonds. The average Bonchev–Trinajstić information content (AvgIpc) is 2.79. The predicted molar refractivity (Wildman–Crippen MR) is 127 cm³/mol. The van der Waals surface area contributed by atoms with Crippen molar-refractivity contribution < 1.29 is 27.4 Å². The first kappa shape index (κ1) is 23.5. The molecule has 178 valence electrons. The standard InChI is InChI=1S/C24H25N3O6S/c1-15-5-4-6-16(2)22(15)27-34(29,30)21-11-18(12-25-24(21)31-3)26-23(28)17-7-9-19(10-8-17)33-20-13-32-14-20/h4-12,20,27H,13-14H2,1-3H3,(H,26,28). The van der Waals surface area contributed by atoms with Crippen LogP contribution in [0.5, 0.6) is 11.6 Å². The number of aromatic nitrogens is 1. The van der Waals surface area contributed by atoms with Crippen LogP contribution in [0.1, 0.15) is 21.5 Å². The summed E-state index contributed by atoms with van der Waals surface area (Å²) >= 11 is 0. The van der Waals surface area contributed by atoms with Crippen LogP contribution in [0.25, 0.3) is 0 Å². The van der Waals surface area contributed by atoms with Crippen LogP contribution in [0.3, 0.4) is 0 Å². The van der Waals surface area contributed by atoms with Gasteiger partial charge in [0.15, 0.2) is 4.90 Å². The molecule has 1 saturated heterocycles. The molecule has 3 aromatic rings. The van der Waals surface area contributed by atoms with Gasteiger partial charge in [-0.1, -0.05) is 18.2 Å². The van der Waals surface area contributed by atoms with E-state index in [4.69, 9.17) is 14.2 Å². The molecule has 0 spiro atoms. The second-order valence-electron chi connectivity index (χ2n) is 7.86. The van der Waals surface area contributed by atoms with E-state index in [-0.39, 0.29) is 22.6 Å². The summed E-state index contributed by atoms with van der Waals surface area (Å²) in [6, 6.07) is 13.4. The zero-order valence-electron chi connectivity index (χ0n) is 19.0. The minimum atomic E-state index is -4.05. The Balaban J connectivity index is 1.54. The molecule has 1 aliphatic heterocycles. The number of methoxy groups -OCH3 is 1. The Bertz CT molecular complexity index is 1280. The van der Waals surface area contributed by atoms with Gasteiger partial charge in [0, 0.05) is 5.56 Å². The van der Waals surface area contributed by atoms with Gasteiger partial charge in [0.05, 0.1) is 37.9 Å². The molecule has 34 heavy (non-hydrogen) atoms. The molecule has 0 radical (unpaired) electrons. The zero-order valence-corrected chi connectivity index (χ0v) is 19.8. The molecular weight excluding hydrogens is 458 g/mol. The molecule has 4 rings (SSSR count). The number of nitrogens with zero attached hydrogens (tertiary/aromatic N) is 1. The molecule has 1 aromatic heterocycles. The Kier molecular flexibility index (Phi) is 6.71. The topological polar surface area (TPSA) is 116 Å². The molecular formula is C24H25N3O6S. The Hall–Kier alpha value is -3.63. The van der Waals surface area contributed by atoms with Gasteiger partial charge in [0.2, 0.25) is 5.88 Å². The van der Waals surface area contributed by atoms with Crippen molar-refractivity contribution in [3.63, 3.8) is 0 Å². The zero-order chi connectivity index (χ0) is 24.3. The lowest BCUT2D eigenvalue weighted by Gasteiger charge is -2.26. The number of hydrogen-bond acceptors (Lipinski definition) is 7. The van der Waals surface area contributed by atoms with Crippen LogP contribution in [0, 0.1) is 13.8 Å². The maximum atomic E-state index is 13.2. The van der Waals surface area contributed by atoms with Crippen LogP contribution >= 0.6 is 0 Å². The number of carbonyl (C=O) groups is 1. The van der Waals surface area contributed by atoms with Crippen molar-refractivity contribution in [2.45, 2.75) is 24.8 Å². The van der Waals surface area contributed by atoms with Gasteiger partial charge in [-0.3, -0.25) is 9.52 Å². The Morgan fingerprint density at radius 2 is 1.76 bits per heavy atom. The molecule has 0 atom stereocenters. The number of para-hydroxylation sites is 1. The van der Waals surface area contributed by atoms with Crippen LogP contribution in [0.4, 0.5) is 11.4 Å². The number of amides is 1. The number of rotatable bonds is 8. The van der Waals surface area contributed by atoms with Gasteiger partial charge in [-0.05, 0) is 55.3 Å². The Labute approximate surface area is 198 Å². The van der Waals surface area contributed by atoms with E-state index in [0.717, 1.165) is 11.1 Å². The molecule has 0 saturated carbocycles. The van der Waals surface area contributed by atoms with Gasteiger partial charge in [-0.25, -0.2) is 13.4 Å². The quantitative estimate of drug-likeness (QED) is 0.503. The number of anilines is 2. The fourth-order valence-electron chi connectivity index (χ4n) is 3.37. The summed E-state index contributed by atoms with van der Waals surface area (Å²) in [6.07, 6.45) is 1.37. The van der Waals surface area contributed by atoms with Gasteiger partial charge in [0.1, 0.15) is 11.9 Å². The summed E-state index contributed by atoms with van der Waals surface area (Å²) in [6.45, 7) is 4.73. The summed E-state index contributed by atoms with van der Waals surface area (Å²) in [7, 11) is -2.72. The number of sulfonamides is 1. The van der Waals surface area contributed by atoms with Crippen molar-refractivity contribution in [2.75, 3.05) is 30.4 Å². The lowest BCUT2D eigenvalue weighted by molar-refractivity contribution is -0.0796. The van der Waals surface area contributed by atoms with Crippen LogP contribution in [-0.4, -0.2) is 45.7 Å². The minimum absolute atomic E-state index is 0.0301. The first-order valence-electron chi connectivity index (χ1n) is 10.6. The molecule has 2 aromatic carbocycles. The van der Waals surface area contributed by atoms with Crippen LogP contribution < -0.4 is 19.5 Å². The fraction of sp³-hybridized carbons (Fsp3) is 0.250. The number of nitrogens with one attached hydrogen (secondary N) is 2. The van der Waals surface area contributed by atoms with E-state index in [9.17, 15) is 13.2 Å². The van der Waals surface area contributed by atoms with Crippen LogP contribution in [0.15, 0.2) is 59.6 Å². The molecule has 0 bridgehead atoms. The fourth-order valence-corrected chi connectivity index (χ4v) is 4.72. The molecule has 1 fully saturated rings. The second-order valence-corrected chi connectivity index (χ2v) is 9.51. The van der Waals surface area contributed by atoms with Crippen molar-refractivity contribution in [2.24, 2.45) is 0 Å². The SMILES string of the molecule is COc1ncc(NC(=O)c2ccc(OC3COC3)cc2)cc1S(=O)(=O)Nc1c(C)cccc1C. The molecule has 0 aliphatic carbocycles. The molecule has 0 unspecified atom stereocenters. The third-order valence-electron chi connectivity index (χ3n) is 5.30. The normalized spacial score (nSPS) is 13.6. The average molecular weight is 484 g/mol. The van der Waals surface area contributed by atoms with E-state index < -0.39 is 15.9 Å². The molecule has 1 aliphatic rings. The Morgan fingerprint density at radius 3 is 2.35 bits per heavy atom. The lowest BCUT2D eigenvalue weighted by Crippen LogP contribution is -2.38. The predicted octanol–water partition coefficient (Wildman–Crippen LogP) is 3.54. The van der Waals surface area contributed by atoms with Gasteiger partial charge >= 0.3 is 0 Å². The summed E-state index contributed by atoms with van der Waals surface area (Å²) in [5, 5.41) is 2.68. The van der Waals surface area contributed by atoms with E-state index >= 15 is 0 Å². The second kappa shape index (κ2) is 9.70. The largest absolute Gasteiger partial charge is 0.486 e. The molecule has 2 heterocycles. The van der Waals surface area contributed by atoms with E-state index in [1.54, 1.807) is 24.3 Å². The highest BCUT2D eigenvalue weighted by molar-refractivity contribution is 7.92. The first-order chi connectivity index (χ1) is 16.3. The van der Waals surface area contributed by atoms with Crippen LogP contribution in [-0.2, 0) is 14.8 Å². The third kappa shape index (κ3) is 5.13. The molecule has 2 N–H and O–H groups in total. The number of benzene rings is 2. The highest BCUT2D eigenvalue weighted by Gasteiger charge is 2.24. The van der Waals surface area contributed by atoms with Gasteiger partial charge in [0.25, 0.3) is 15.9 Å². The maximum Gasteiger partial charge on any atom is 0.267 e. The molecule has 9 nitrogen and oxygen atoms in total. The number of carbonyl (C=O) groups excluding carboxylic acids is 1.